The summed E-state index contributed by atoms with van der Waals surface area (Å²) in [7, 11) is 0. The van der Waals surface area contributed by atoms with E-state index >= 15 is 0 Å². The Kier molecular flexibility index (Phi) is 3.09. The number of hydrogen-bond acceptors (Lipinski definition) is 4. The highest BCUT2D eigenvalue weighted by atomic mass is 127. The summed E-state index contributed by atoms with van der Waals surface area (Å²) in [6, 6.07) is 0. The number of rotatable bonds is 2. The first-order valence-corrected chi connectivity index (χ1v) is 5.86. The van der Waals surface area contributed by atoms with Gasteiger partial charge in [-0.05, 0) is 36.4 Å². The molecule has 0 aromatic carbocycles. The highest BCUT2D eigenvalue weighted by molar-refractivity contribution is 14.1. The Balaban J connectivity index is 2.57. The summed E-state index contributed by atoms with van der Waals surface area (Å²) < 4.78 is 2.35. The first-order valence-electron chi connectivity index (χ1n) is 4.78. The number of aromatic carboxylic acids is 1. The van der Waals surface area contributed by atoms with E-state index in [1.165, 1.54) is 4.68 Å². The van der Waals surface area contributed by atoms with Crippen LogP contribution in [0.15, 0.2) is 12.4 Å². The molecule has 17 heavy (non-hydrogen) atoms. The van der Waals surface area contributed by atoms with Gasteiger partial charge in [0.1, 0.15) is 5.56 Å². The van der Waals surface area contributed by atoms with Gasteiger partial charge in [-0.2, -0.15) is 5.10 Å². The van der Waals surface area contributed by atoms with Crippen LogP contribution in [0.25, 0.3) is 5.95 Å². The predicted octanol–water partition coefficient (Wildman–Crippen LogP) is 1.58. The second-order valence-corrected chi connectivity index (χ2v) is 4.71. The summed E-state index contributed by atoms with van der Waals surface area (Å²) >= 11 is 2.10. The molecule has 0 aliphatic rings. The van der Waals surface area contributed by atoms with Gasteiger partial charge >= 0.3 is 5.97 Å². The molecule has 0 spiro atoms. The van der Waals surface area contributed by atoms with Crippen molar-refractivity contribution in [3.8, 4) is 5.95 Å². The van der Waals surface area contributed by atoms with Crippen LogP contribution < -0.4 is 0 Å². The van der Waals surface area contributed by atoms with Gasteiger partial charge in [-0.15, -0.1) is 0 Å². The molecule has 0 bridgehead atoms. The SMILES string of the molecule is Cc1nn(-c2ncc(I)cn2)c(C)c1C(=O)O. The van der Waals surface area contributed by atoms with Gasteiger partial charge in [0.2, 0.25) is 0 Å². The summed E-state index contributed by atoms with van der Waals surface area (Å²) in [5, 5.41) is 13.2. The molecule has 0 atom stereocenters. The van der Waals surface area contributed by atoms with Gasteiger partial charge in [0.25, 0.3) is 5.95 Å². The van der Waals surface area contributed by atoms with E-state index in [9.17, 15) is 4.79 Å². The lowest BCUT2D eigenvalue weighted by Gasteiger charge is -2.01. The Labute approximate surface area is 111 Å². The Morgan fingerprint density at radius 2 is 1.94 bits per heavy atom. The lowest BCUT2D eigenvalue weighted by Crippen LogP contribution is -2.06. The maximum atomic E-state index is 11.0. The molecule has 0 saturated carbocycles. The second-order valence-electron chi connectivity index (χ2n) is 3.46. The molecule has 0 amide bonds. The van der Waals surface area contributed by atoms with Crippen LogP contribution in [0.1, 0.15) is 21.7 Å². The molecule has 2 heterocycles. The number of halogens is 1. The molecular formula is C10H9IN4O2. The maximum absolute atomic E-state index is 11.0. The Morgan fingerprint density at radius 3 is 2.41 bits per heavy atom. The zero-order valence-electron chi connectivity index (χ0n) is 9.18. The van der Waals surface area contributed by atoms with Crippen molar-refractivity contribution < 1.29 is 9.90 Å². The zero-order chi connectivity index (χ0) is 12.6. The third-order valence-corrected chi connectivity index (χ3v) is 2.86. The molecule has 1 N–H and O–H groups in total. The van der Waals surface area contributed by atoms with Crippen LogP contribution in [0.2, 0.25) is 0 Å². The van der Waals surface area contributed by atoms with Crippen molar-refractivity contribution in [2.45, 2.75) is 13.8 Å². The van der Waals surface area contributed by atoms with Crippen molar-refractivity contribution in [1.82, 2.24) is 19.7 Å². The van der Waals surface area contributed by atoms with E-state index in [4.69, 9.17) is 5.11 Å². The molecule has 0 aliphatic heterocycles. The molecule has 0 unspecified atom stereocenters. The smallest absolute Gasteiger partial charge is 0.339 e. The Morgan fingerprint density at radius 1 is 1.35 bits per heavy atom. The summed E-state index contributed by atoms with van der Waals surface area (Å²) in [4.78, 5) is 19.3. The minimum absolute atomic E-state index is 0.201. The molecule has 0 fully saturated rings. The number of carboxylic acids is 1. The second kappa shape index (κ2) is 4.40. The number of carbonyl (C=O) groups is 1. The van der Waals surface area contributed by atoms with Gasteiger partial charge in [-0.3, -0.25) is 0 Å². The first kappa shape index (κ1) is 12.0. The highest BCUT2D eigenvalue weighted by Gasteiger charge is 2.19. The molecule has 2 rings (SSSR count). The van der Waals surface area contributed by atoms with Crippen LogP contribution in [0, 0.1) is 17.4 Å². The molecular weight excluding hydrogens is 335 g/mol. The minimum atomic E-state index is -0.989. The fourth-order valence-electron chi connectivity index (χ4n) is 1.56. The zero-order valence-corrected chi connectivity index (χ0v) is 11.3. The number of aryl methyl sites for hydroxylation is 1. The Hall–Kier alpha value is -1.51. The quantitative estimate of drug-likeness (QED) is 0.837. The van der Waals surface area contributed by atoms with Crippen molar-refractivity contribution in [2.24, 2.45) is 0 Å². The third kappa shape index (κ3) is 2.14. The first-order chi connectivity index (χ1) is 8.00. The van der Waals surface area contributed by atoms with Crippen LogP contribution in [0.3, 0.4) is 0 Å². The van der Waals surface area contributed by atoms with E-state index in [2.05, 4.69) is 37.7 Å². The van der Waals surface area contributed by atoms with Crippen LogP contribution in [-0.4, -0.2) is 30.8 Å². The van der Waals surface area contributed by atoms with Gasteiger partial charge in [-0.1, -0.05) is 0 Å². The fourth-order valence-corrected chi connectivity index (χ4v) is 1.84. The van der Waals surface area contributed by atoms with Crippen molar-refractivity contribution in [3.63, 3.8) is 0 Å². The van der Waals surface area contributed by atoms with Gasteiger partial charge in [0.05, 0.1) is 11.4 Å². The topological polar surface area (TPSA) is 80.9 Å². The van der Waals surface area contributed by atoms with E-state index in [0.717, 1.165) is 3.57 Å². The molecule has 2 aromatic rings. The van der Waals surface area contributed by atoms with Crippen molar-refractivity contribution >= 4 is 28.6 Å². The molecule has 0 radical (unpaired) electrons. The van der Waals surface area contributed by atoms with Gasteiger partial charge in [-0.25, -0.2) is 19.4 Å². The van der Waals surface area contributed by atoms with Crippen LogP contribution >= 0.6 is 22.6 Å². The summed E-state index contributed by atoms with van der Waals surface area (Å²) in [5.41, 5.74) is 1.18. The van der Waals surface area contributed by atoms with Gasteiger partial charge < -0.3 is 5.11 Å². The van der Waals surface area contributed by atoms with Crippen LogP contribution in [0.4, 0.5) is 0 Å². The van der Waals surface area contributed by atoms with E-state index in [1.54, 1.807) is 26.2 Å². The monoisotopic (exact) mass is 344 g/mol. The van der Waals surface area contributed by atoms with E-state index in [1.807, 2.05) is 0 Å². The largest absolute Gasteiger partial charge is 0.478 e. The molecule has 0 saturated heterocycles. The fraction of sp³-hybridized carbons (Fsp3) is 0.200. The summed E-state index contributed by atoms with van der Waals surface area (Å²) in [5.74, 6) is -0.615. The average molecular weight is 344 g/mol. The third-order valence-electron chi connectivity index (χ3n) is 2.30. The highest BCUT2D eigenvalue weighted by Crippen LogP contribution is 2.15. The number of hydrogen-bond donors (Lipinski definition) is 1. The number of aromatic nitrogens is 4. The van der Waals surface area contributed by atoms with Crippen molar-refractivity contribution in [3.05, 3.63) is 32.9 Å². The molecule has 2 aromatic heterocycles. The lowest BCUT2D eigenvalue weighted by molar-refractivity contribution is 0.0695. The molecule has 7 heteroatoms. The molecule has 0 aliphatic carbocycles. The normalized spacial score (nSPS) is 10.5. The van der Waals surface area contributed by atoms with Crippen molar-refractivity contribution in [2.75, 3.05) is 0 Å². The summed E-state index contributed by atoms with van der Waals surface area (Å²) in [6.45, 7) is 3.34. The van der Waals surface area contributed by atoms with E-state index in [0.29, 0.717) is 17.3 Å². The lowest BCUT2D eigenvalue weighted by atomic mass is 10.2. The Bertz CT molecular complexity index is 577. The standard InChI is InChI=1S/C10H9IN4O2/c1-5-8(9(16)17)6(2)15(14-5)10-12-3-7(11)4-13-10/h3-4H,1-2H3,(H,16,17). The van der Waals surface area contributed by atoms with Gasteiger partial charge in [0, 0.05) is 16.0 Å². The van der Waals surface area contributed by atoms with E-state index < -0.39 is 5.97 Å². The van der Waals surface area contributed by atoms with Gasteiger partial charge in [0.15, 0.2) is 0 Å². The number of carboxylic acid groups (broad SMARTS) is 1. The van der Waals surface area contributed by atoms with E-state index in [-0.39, 0.29) is 5.56 Å². The maximum Gasteiger partial charge on any atom is 0.339 e. The number of nitrogens with zero attached hydrogens (tertiary/aromatic N) is 4. The minimum Gasteiger partial charge on any atom is -0.478 e. The van der Waals surface area contributed by atoms with Crippen LogP contribution in [-0.2, 0) is 0 Å². The molecule has 6 nitrogen and oxygen atoms in total. The van der Waals surface area contributed by atoms with Crippen LogP contribution in [0.5, 0.6) is 0 Å². The summed E-state index contributed by atoms with van der Waals surface area (Å²) in [6.07, 6.45) is 3.31. The molecule has 88 valence electrons. The van der Waals surface area contributed by atoms with Crippen molar-refractivity contribution in [1.29, 1.82) is 0 Å². The average Bonchev–Trinajstić information content (AvgIpc) is 2.55. The predicted molar refractivity (Wildman–Crippen MR) is 68.3 cm³/mol.